The van der Waals surface area contributed by atoms with Gasteiger partial charge in [0.15, 0.2) is 9.84 Å². The van der Waals surface area contributed by atoms with Crippen LogP contribution in [0.3, 0.4) is 0 Å². The number of anilines is 1. The van der Waals surface area contributed by atoms with E-state index in [0.717, 1.165) is 25.9 Å². The molecule has 0 spiro atoms. The summed E-state index contributed by atoms with van der Waals surface area (Å²) >= 11 is 0. The molecule has 1 atom stereocenters. The molecular weight excluding hydrogens is 288 g/mol. The second-order valence-electron chi connectivity index (χ2n) is 5.52. The lowest BCUT2D eigenvalue weighted by molar-refractivity contribution is -0.132. The highest BCUT2D eigenvalue weighted by atomic mass is 32.2. The average Bonchev–Trinajstić information content (AvgIpc) is 2.47. The Bertz CT molecular complexity index is 607. The summed E-state index contributed by atoms with van der Waals surface area (Å²) in [5, 5.41) is 3.04. The average molecular weight is 310 g/mol. The molecule has 1 heterocycles. The van der Waals surface area contributed by atoms with E-state index in [9.17, 15) is 13.2 Å². The van der Waals surface area contributed by atoms with Crippen LogP contribution in [0.5, 0.6) is 0 Å². The SMILES string of the molecule is CC(Nc1ccccc1S(C)(=O)=O)C(=O)N1CCCCC1. The van der Waals surface area contributed by atoms with Crippen LogP contribution in [0.4, 0.5) is 5.69 Å². The zero-order chi connectivity index (χ0) is 15.5. The van der Waals surface area contributed by atoms with Crippen molar-refractivity contribution in [1.29, 1.82) is 0 Å². The van der Waals surface area contributed by atoms with Gasteiger partial charge < -0.3 is 10.2 Å². The van der Waals surface area contributed by atoms with E-state index in [2.05, 4.69) is 5.32 Å². The Kier molecular flexibility index (Phi) is 4.88. The molecule has 1 aliphatic heterocycles. The van der Waals surface area contributed by atoms with Crippen molar-refractivity contribution >= 4 is 21.4 Å². The Balaban J connectivity index is 2.12. The van der Waals surface area contributed by atoms with E-state index in [0.29, 0.717) is 5.69 Å². The van der Waals surface area contributed by atoms with Crippen molar-refractivity contribution in [2.45, 2.75) is 37.1 Å². The molecule has 1 amide bonds. The van der Waals surface area contributed by atoms with Crippen LogP contribution in [0.25, 0.3) is 0 Å². The van der Waals surface area contributed by atoms with Crippen molar-refractivity contribution in [3.8, 4) is 0 Å². The molecule has 1 unspecified atom stereocenters. The van der Waals surface area contributed by atoms with Crippen LogP contribution in [0.15, 0.2) is 29.2 Å². The number of rotatable bonds is 4. The van der Waals surface area contributed by atoms with Gasteiger partial charge in [0.1, 0.15) is 6.04 Å². The Morgan fingerprint density at radius 1 is 1.19 bits per heavy atom. The first kappa shape index (κ1) is 15.8. The topological polar surface area (TPSA) is 66.5 Å². The van der Waals surface area contributed by atoms with Crippen molar-refractivity contribution in [2.24, 2.45) is 0 Å². The summed E-state index contributed by atoms with van der Waals surface area (Å²) in [6.07, 6.45) is 4.42. The molecule has 1 aliphatic rings. The summed E-state index contributed by atoms with van der Waals surface area (Å²) in [6.45, 7) is 3.35. The first-order chi connectivity index (χ1) is 9.89. The molecule has 0 saturated carbocycles. The number of nitrogens with one attached hydrogen (secondary N) is 1. The summed E-state index contributed by atoms with van der Waals surface area (Å²) in [4.78, 5) is 14.5. The first-order valence-electron chi connectivity index (χ1n) is 7.24. The lowest BCUT2D eigenvalue weighted by atomic mass is 10.1. The quantitative estimate of drug-likeness (QED) is 0.922. The molecule has 0 radical (unpaired) electrons. The highest BCUT2D eigenvalue weighted by molar-refractivity contribution is 7.90. The van der Waals surface area contributed by atoms with Crippen molar-refractivity contribution in [1.82, 2.24) is 4.90 Å². The highest BCUT2D eigenvalue weighted by Gasteiger charge is 2.23. The highest BCUT2D eigenvalue weighted by Crippen LogP contribution is 2.22. The fraction of sp³-hybridized carbons (Fsp3) is 0.533. The van der Waals surface area contributed by atoms with E-state index >= 15 is 0 Å². The van der Waals surface area contributed by atoms with Crippen molar-refractivity contribution < 1.29 is 13.2 Å². The van der Waals surface area contributed by atoms with Gasteiger partial charge >= 0.3 is 0 Å². The monoisotopic (exact) mass is 310 g/mol. The largest absolute Gasteiger partial charge is 0.373 e. The Hall–Kier alpha value is -1.56. The molecule has 1 saturated heterocycles. The normalized spacial score (nSPS) is 17.3. The van der Waals surface area contributed by atoms with Gasteiger partial charge in [0.25, 0.3) is 0 Å². The van der Waals surface area contributed by atoms with Crippen LogP contribution in [0.2, 0.25) is 0 Å². The molecular formula is C15H22N2O3S. The number of carbonyl (C=O) groups excluding carboxylic acids is 1. The van der Waals surface area contributed by atoms with E-state index in [4.69, 9.17) is 0 Å². The third-order valence-electron chi connectivity index (χ3n) is 3.70. The van der Waals surface area contributed by atoms with Gasteiger partial charge in [0.2, 0.25) is 5.91 Å². The molecule has 6 heteroatoms. The Labute approximate surface area is 126 Å². The maximum atomic E-state index is 12.4. The molecule has 2 rings (SSSR count). The number of hydrogen-bond donors (Lipinski definition) is 1. The van der Waals surface area contributed by atoms with E-state index in [-0.39, 0.29) is 10.8 Å². The van der Waals surface area contributed by atoms with E-state index in [1.165, 1.54) is 12.7 Å². The summed E-state index contributed by atoms with van der Waals surface area (Å²) in [5.41, 5.74) is 0.484. The van der Waals surface area contributed by atoms with Gasteiger partial charge in [-0.1, -0.05) is 12.1 Å². The summed E-state index contributed by atoms with van der Waals surface area (Å²) < 4.78 is 23.5. The molecule has 0 bridgehead atoms. The van der Waals surface area contributed by atoms with Gasteiger partial charge in [-0.05, 0) is 38.3 Å². The molecule has 116 valence electrons. The predicted molar refractivity (Wildman–Crippen MR) is 83.1 cm³/mol. The first-order valence-corrected chi connectivity index (χ1v) is 9.13. The summed E-state index contributed by atoms with van der Waals surface area (Å²) in [5.74, 6) is 0.0259. The number of benzene rings is 1. The number of para-hydroxylation sites is 1. The molecule has 21 heavy (non-hydrogen) atoms. The Morgan fingerprint density at radius 2 is 1.81 bits per heavy atom. The van der Waals surface area contributed by atoms with E-state index < -0.39 is 15.9 Å². The van der Waals surface area contributed by atoms with Crippen molar-refractivity contribution in [2.75, 3.05) is 24.7 Å². The third-order valence-corrected chi connectivity index (χ3v) is 4.85. The number of sulfone groups is 1. The van der Waals surface area contributed by atoms with Gasteiger partial charge in [-0.25, -0.2) is 8.42 Å². The van der Waals surface area contributed by atoms with Crippen LogP contribution in [0.1, 0.15) is 26.2 Å². The van der Waals surface area contributed by atoms with Crippen LogP contribution in [0, 0.1) is 0 Å². The van der Waals surface area contributed by atoms with Crippen LogP contribution in [-0.4, -0.2) is 44.6 Å². The van der Waals surface area contributed by atoms with Crippen LogP contribution in [-0.2, 0) is 14.6 Å². The molecule has 1 aromatic rings. The smallest absolute Gasteiger partial charge is 0.244 e. The second kappa shape index (κ2) is 6.47. The van der Waals surface area contributed by atoms with E-state index in [1.54, 1.807) is 31.2 Å². The minimum Gasteiger partial charge on any atom is -0.373 e. The number of amides is 1. The fourth-order valence-electron chi connectivity index (χ4n) is 2.59. The maximum absolute atomic E-state index is 12.4. The minimum absolute atomic E-state index is 0.0259. The molecule has 1 N–H and O–H groups in total. The molecule has 1 fully saturated rings. The number of likely N-dealkylation sites (tertiary alicyclic amines) is 1. The minimum atomic E-state index is -3.32. The second-order valence-corrected chi connectivity index (χ2v) is 7.50. The number of carbonyl (C=O) groups is 1. The lowest BCUT2D eigenvalue weighted by Crippen LogP contribution is -2.44. The van der Waals surface area contributed by atoms with Gasteiger partial charge in [0.05, 0.1) is 10.6 Å². The number of hydrogen-bond acceptors (Lipinski definition) is 4. The molecule has 0 aromatic heterocycles. The summed E-state index contributed by atoms with van der Waals surface area (Å²) in [7, 11) is -3.32. The number of nitrogens with zero attached hydrogens (tertiary/aromatic N) is 1. The fourth-order valence-corrected chi connectivity index (χ4v) is 3.44. The van der Waals surface area contributed by atoms with Crippen LogP contribution < -0.4 is 5.32 Å². The molecule has 5 nitrogen and oxygen atoms in total. The Morgan fingerprint density at radius 3 is 2.43 bits per heavy atom. The number of piperidine rings is 1. The van der Waals surface area contributed by atoms with Gasteiger partial charge in [-0.2, -0.15) is 0 Å². The lowest BCUT2D eigenvalue weighted by Gasteiger charge is -2.30. The predicted octanol–water partition coefficient (Wildman–Crippen LogP) is 1.90. The zero-order valence-electron chi connectivity index (χ0n) is 12.5. The van der Waals surface area contributed by atoms with Crippen molar-refractivity contribution in [3.05, 3.63) is 24.3 Å². The van der Waals surface area contributed by atoms with Crippen LogP contribution >= 0.6 is 0 Å². The van der Waals surface area contributed by atoms with Gasteiger partial charge in [0, 0.05) is 19.3 Å². The van der Waals surface area contributed by atoms with Crippen molar-refractivity contribution in [3.63, 3.8) is 0 Å². The maximum Gasteiger partial charge on any atom is 0.244 e. The van der Waals surface area contributed by atoms with E-state index in [1.807, 2.05) is 4.90 Å². The standard InChI is InChI=1S/C15H22N2O3S/c1-12(15(18)17-10-6-3-7-11-17)16-13-8-4-5-9-14(13)21(2,19)20/h4-5,8-9,12,16H,3,6-7,10-11H2,1-2H3. The third kappa shape index (κ3) is 3.97. The zero-order valence-corrected chi connectivity index (χ0v) is 13.3. The van der Waals surface area contributed by atoms with Gasteiger partial charge in [-0.3, -0.25) is 4.79 Å². The molecule has 0 aliphatic carbocycles. The van der Waals surface area contributed by atoms with Gasteiger partial charge in [-0.15, -0.1) is 0 Å². The summed E-state index contributed by atoms with van der Waals surface area (Å²) in [6, 6.07) is 6.24. The molecule has 1 aromatic carbocycles.